The molecule has 8 nitrogen and oxygen atoms in total. The molecule has 0 spiro atoms. The molecular weight excluding hydrogens is 600 g/mol. The molecule has 2 fully saturated rings. The van der Waals surface area contributed by atoms with E-state index in [0.29, 0.717) is 31.2 Å². The summed E-state index contributed by atoms with van der Waals surface area (Å²) in [6, 6.07) is 26.9. The second-order valence-corrected chi connectivity index (χ2v) is 13.5. The van der Waals surface area contributed by atoms with E-state index in [1.54, 1.807) is 6.07 Å². The average molecular weight is 655 g/mol. The molecule has 5 rings (SSSR count). The first-order valence-electron chi connectivity index (χ1n) is 17.9. The summed E-state index contributed by atoms with van der Waals surface area (Å²) in [6.07, 6.45) is 4.35. The fourth-order valence-electron chi connectivity index (χ4n) is 7.33. The van der Waals surface area contributed by atoms with Crippen LogP contribution in [-0.2, 0) is 16.1 Å². The lowest BCUT2D eigenvalue weighted by Gasteiger charge is -2.47. The molecule has 2 aliphatic rings. The van der Waals surface area contributed by atoms with Crippen LogP contribution in [0.15, 0.2) is 78.9 Å². The van der Waals surface area contributed by atoms with Crippen LogP contribution in [0.4, 0.5) is 0 Å². The van der Waals surface area contributed by atoms with Crippen LogP contribution in [0.2, 0.25) is 0 Å². The molecule has 2 saturated heterocycles. The van der Waals surface area contributed by atoms with Crippen molar-refractivity contribution in [2.24, 2.45) is 0 Å². The largest absolute Gasteiger partial charge is 0.508 e. The van der Waals surface area contributed by atoms with Gasteiger partial charge in [-0.25, -0.2) is 0 Å². The number of unbranched alkanes of at least 4 members (excludes halogenated alkanes) is 2. The Balaban J connectivity index is 1.26. The van der Waals surface area contributed by atoms with Crippen LogP contribution in [0, 0.1) is 0 Å². The summed E-state index contributed by atoms with van der Waals surface area (Å²) < 4.78 is 5.03. The maximum absolute atomic E-state index is 14.0. The summed E-state index contributed by atoms with van der Waals surface area (Å²) in [7, 11) is 0. The van der Waals surface area contributed by atoms with E-state index in [1.165, 1.54) is 5.56 Å². The number of piperazine rings is 1. The number of benzene rings is 3. The fourth-order valence-corrected chi connectivity index (χ4v) is 7.33. The van der Waals surface area contributed by atoms with Gasteiger partial charge in [-0.2, -0.15) is 0 Å². The van der Waals surface area contributed by atoms with Crippen LogP contribution in [-0.4, -0.2) is 101 Å². The lowest BCUT2D eigenvalue weighted by molar-refractivity contribution is -0.143. The van der Waals surface area contributed by atoms with Crippen LogP contribution in [0.3, 0.4) is 0 Å². The van der Waals surface area contributed by atoms with Crippen LogP contribution in [0.5, 0.6) is 5.75 Å². The highest BCUT2D eigenvalue weighted by molar-refractivity contribution is 5.94. The van der Waals surface area contributed by atoms with Crippen molar-refractivity contribution >= 4 is 11.9 Å². The first-order valence-corrected chi connectivity index (χ1v) is 17.9. The van der Waals surface area contributed by atoms with Gasteiger partial charge in [0.25, 0.3) is 5.91 Å². The molecule has 258 valence electrons. The zero-order valence-corrected chi connectivity index (χ0v) is 29.1. The molecule has 0 saturated carbocycles. The molecular formula is C40H54N4O4. The summed E-state index contributed by atoms with van der Waals surface area (Å²) in [6.45, 7) is 13.9. The van der Waals surface area contributed by atoms with Crippen molar-refractivity contribution in [3.63, 3.8) is 0 Å². The first-order chi connectivity index (χ1) is 23.3. The summed E-state index contributed by atoms with van der Waals surface area (Å²) >= 11 is 0. The number of hydrogen-bond acceptors (Lipinski definition) is 7. The van der Waals surface area contributed by atoms with Crippen molar-refractivity contribution in [3.05, 3.63) is 101 Å². The second kappa shape index (κ2) is 17.6. The minimum Gasteiger partial charge on any atom is -0.508 e. The molecule has 3 atom stereocenters. The molecule has 8 heteroatoms. The average Bonchev–Trinajstić information content (AvgIpc) is 3.33. The van der Waals surface area contributed by atoms with Gasteiger partial charge in [0.1, 0.15) is 5.75 Å². The topological polar surface area (TPSA) is 76.6 Å². The third kappa shape index (κ3) is 9.68. The number of nitrogens with zero attached hydrogens (tertiary/aromatic N) is 4. The van der Waals surface area contributed by atoms with Gasteiger partial charge in [-0.1, -0.05) is 61.0 Å². The Morgan fingerprint density at radius 2 is 1.60 bits per heavy atom. The number of phenols is 1. The van der Waals surface area contributed by atoms with Crippen molar-refractivity contribution in [1.82, 2.24) is 19.6 Å². The highest BCUT2D eigenvalue weighted by atomic mass is 16.5. The number of carbonyl (C=O) groups is 2. The molecule has 1 N–H and O–H groups in total. The Hall–Kier alpha value is -3.72. The number of amides is 1. The van der Waals surface area contributed by atoms with Gasteiger partial charge in [0.05, 0.1) is 12.6 Å². The Labute approximate surface area is 287 Å². The van der Waals surface area contributed by atoms with E-state index in [0.717, 1.165) is 82.6 Å². The highest BCUT2D eigenvalue weighted by Gasteiger charge is 2.35. The summed E-state index contributed by atoms with van der Waals surface area (Å²) in [5.41, 5.74) is 4.14. The molecule has 3 aromatic carbocycles. The molecule has 48 heavy (non-hydrogen) atoms. The highest BCUT2D eigenvalue weighted by Crippen LogP contribution is 2.35. The Morgan fingerprint density at radius 1 is 0.833 bits per heavy atom. The number of rotatable bonds is 13. The molecule has 0 aromatic heterocycles. The standard InChI is InChI=1S/C40H54N4O4/c1-4-48-38(46)20-9-6-10-21-41-22-13-23-42(25-24-41)40(47)36-18-11-16-34(26-36)39(35-17-12-19-37(45)27-35)44-29-31(2)43(28-32(44)3)30-33-14-7-5-8-15-33/h5,7-8,11-12,14-19,26-27,31-32,39,45H,4,6,9-10,13,20-25,28-30H2,1-3H3/t31-,32+,39-/m1/s1. The third-order valence-corrected chi connectivity index (χ3v) is 9.89. The number of aromatic hydroxyl groups is 1. The number of esters is 1. The first kappa shape index (κ1) is 35.6. The van der Waals surface area contributed by atoms with Crippen molar-refractivity contribution in [2.75, 3.05) is 52.4 Å². The van der Waals surface area contributed by atoms with Gasteiger partial charge >= 0.3 is 5.97 Å². The van der Waals surface area contributed by atoms with E-state index in [2.05, 4.69) is 77.1 Å². The monoisotopic (exact) mass is 654 g/mol. The SMILES string of the molecule is CCOC(=O)CCCCCN1CCCN(C(=O)c2cccc([C@H](c3cccc(O)c3)N3C[C@@H](C)N(Cc4ccccc4)C[C@@H]3C)c2)CC1. The van der Waals surface area contributed by atoms with Gasteiger partial charge in [0.2, 0.25) is 0 Å². The van der Waals surface area contributed by atoms with Gasteiger partial charge in [0.15, 0.2) is 0 Å². The number of ether oxygens (including phenoxy) is 1. The van der Waals surface area contributed by atoms with Crippen LogP contribution in [0.25, 0.3) is 0 Å². The van der Waals surface area contributed by atoms with Crippen LogP contribution < -0.4 is 0 Å². The van der Waals surface area contributed by atoms with E-state index in [1.807, 2.05) is 36.1 Å². The molecule has 2 aliphatic heterocycles. The lowest BCUT2D eigenvalue weighted by Crippen LogP contribution is -2.56. The van der Waals surface area contributed by atoms with E-state index < -0.39 is 0 Å². The Kier molecular flexibility index (Phi) is 13.1. The summed E-state index contributed by atoms with van der Waals surface area (Å²) in [5, 5.41) is 10.5. The molecule has 3 aromatic rings. The maximum atomic E-state index is 14.0. The Bertz CT molecular complexity index is 1470. The third-order valence-electron chi connectivity index (χ3n) is 9.89. The maximum Gasteiger partial charge on any atom is 0.305 e. The molecule has 0 unspecified atom stereocenters. The summed E-state index contributed by atoms with van der Waals surface area (Å²) in [4.78, 5) is 35.1. The Morgan fingerprint density at radius 3 is 2.38 bits per heavy atom. The van der Waals surface area contributed by atoms with Crippen LogP contribution in [0.1, 0.15) is 86.0 Å². The molecule has 0 aliphatic carbocycles. The number of phenolic OH excluding ortho intramolecular Hbond substituents is 1. The van der Waals surface area contributed by atoms with Crippen molar-refractivity contribution < 1.29 is 19.4 Å². The van der Waals surface area contributed by atoms with E-state index >= 15 is 0 Å². The molecule has 2 heterocycles. The minimum absolute atomic E-state index is 0.0805. The van der Waals surface area contributed by atoms with E-state index in [-0.39, 0.29) is 29.7 Å². The van der Waals surface area contributed by atoms with Crippen LogP contribution >= 0.6 is 0 Å². The molecule has 0 bridgehead atoms. The van der Waals surface area contributed by atoms with E-state index in [4.69, 9.17) is 4.74 Å². The lowest BCUT2D eigenvalue weighted by atomic mass is 9.92. The predicted octanol–water partition coefficient (Wildman–Crippen LogP) is 6.35. The normalized spacial score (nSPS) is 20.3. The van der Waals surface area contributed by atoms with Gasteiger partial charge < -0.3 is 19.6 Å². The summed E-state index contributed by atoms with van der Waals surface area (Å²) in [5.74, 6) is 0.224. The number of hydrogen-bond donors (Lipinski definition) is 1. The van der Waals surface area contributed by atoms with Crippen molar-refractivity contribution in [3.8, 4) is 5.75 Å². The number of carbonyl (C=O) groups excluding carboxylic acids is 2. The van der Waals surface area contributed by atoms with Gasteiger partial charge in [0, 0.05) is 63.3 Å². The second-order valence-electron chi connectivity index (χ2n) is 13.5. The van der Waals surface area contributed by atoms with Crippen molar-refractivity contribution in [1.29, 1.82) is 0 Å². The smallest absolute Gasteiger partial charge is 0.305 e. The quantitative estimate of drug-likeness (QED) is 0.170. The van der Waals surface area contributed by atoms with Crippen molar-refractivity contribution in [2.45, 2.75) is 77.5 Å². The van der Waals surface area contributed by atoms with E-state index in [9.17, 15) is 14.7 Å². The zero-order chi connectivity index (χ0) is 33.9. The molecule has 0 radical (unpaired) electrons. The van der Waals surface area contributed by atoms with Gasteiger partial charge in [-0.15, -0.1) is 0 Å². The molecule has 1 amide bonds. The van der Waals surface area contributed by atoms with Gasteiger partial charge in [-0.3, -0.25) is 19.4 Å². The van der Waals surface area contributed by atoms with Gasteiger partial charge in [-0.05, 0) is 94.1 Å². The zero-order valence-electron chi connectivity index (χ0n) is 29.1. The fraction of sp³-hybridized carbons (Fsp3) is 0.500. The minimum atomic E-state index is -0.107. The predicted molar refractivity (Wildman–Crippen MR) is 191 cm³/mol.